The average molecular weight is 246 g/mol. The van der Waals surface area contributed by atoms with Gasteiger partial charge in [0, 0.05) is 12.7 Å². The average Bonchev–Trinajstić information content (AvgIpc) is 3.28. The van der Waals surface area contributed by atoms with Crippen LogP contribution >= 0.6 is 0 Å². The number of aromatic nitrogens is 1. The van der Waals surface area contributed by atoms with E-state index >= 15 is 0 Å². The predicted molar refractivity (Wildman–Crippen MR) is 68.5 cm³/mol. The molecule has 2 saturated carbocycles. The minimum Gasteiger partial charge on any atom is -0.465 e. The number of carbonyl (C=O) groups is 1. The zero-order valence-corrected chi connectivity index (χ0v) is 10.6. The molecule has 0 aromatic carbocycles. The summed E-state index contributed by atoms with van der Waals surface area (Å²) in [7, 11) is 1.39. The second kappa shape index (κ2) is 4.26. The minimum absolute atomic E-state index is 0.332. The number of pyridine rings is 1. The van der Waals surface area contributed by atoms with E-state index in [1.54, 1.807) is 18.3 Å². The quantitative estimate of drug-likeness (QED) is 0.811. The van der Waals surface area contributed by atoms with Gasteiger partial charge in [0.1, 0.15) is 11.4 Å². The maximum absolute atomic E-state index is 11.6. The van der Waals surface area contributed by atoms with Crippen LogP contribution in [0.4, 0.5) is 5.82 Å². The lowest BCUT2D eigenvalue weighted by molar-refractivity contribution is 0.0601. The van der Waals surface area contributed by atoms with Crippen LogP contribution < -0.4 is 5.32 Å². The fraction of sp³-hybridized carbons (Fsp3) is 0.571. The van der Waals surface area contributed by atoms with E-state index in [-0.39, 0.29) is 5.97 Å². The lowest BCUT2D eigenvalue weighted by Crippen LogP contribution is -2.19. The minimum atomic E-state index is -0.332. The summed E-state index contributed by atoms with van der Waals surface area (Å²) in [6.07, 6.45) is 7.06. The highest BCUT2D eigenvalue weighted by molar-refractivity contribution is 5.94. The Morgan fingerprint density at radius 2 is 2.33 bits per heavy atom. The number of hydrogen-bond donors (Lipinski definition) is 1. The SMILES string of the molecule is COC(=O)c1cccnc1NCC1(C2CC2)CC1. The van der Waals surface area contributed by atoms with E-state index < -0.39 is 0 Å². The van der Waals surface area contributed by atoms with Gasteiger partial charge in [0.15, 0.2) is 0 Å². The lowest BCUT2D eigenvalue weighted by Gasteiger charge is -2.16. The van der Waals surface area contributed by atoms with Crippen molar-refractivity contribution in [2.75, 3.05) is 19.0 Å². The van der Waals surface area contributed by atoms with Crippen LogP contribution in [0.15, 0.2) is 18.3 Å². The van der Waals surface area contributed by atoms with Gasteiger partial charge < -0.3 is 10.1 Å². The van der Waals surface area contributed by atoms with Crippen molar-refractivity contribution in [2.24, 2.45) is 11.3 Å². The summed E-state index contributed by atoms with van der Waals surface area (Å²) in [5, 5.41) is 3.34. The van der Waals surface area contributed by atoms with Gasteiger partial charge in [-0.25, -0.2) is 9.78 Å². The summed E-state index contributed by atoms with van der Waals surface area (Å²) in [4.78, 5) is 15.9. The summed E-state index contributed by atoms with van der Waals surface area (Å²) < 4.78 is 4.77. The van der Waals surface area contributed by atoms with E-state index in [2.05, 4.69) is 10.3 Å². The van der Waals surface area contributed by atoms with Gasteiger partial charge in [-0.1, -0.05) is 0 Å². The number of rotatable bonds is 5. The van der Waals surface area contributed by atoms with Crippen LogP contribution in [0.25, 0.3) is 0 Å². The van der Waals surface area contributed by atoms with Crippen LogP contribution in [0, 0.1) is 11.3 Å². The highest BCUT2D eigenvalue weighted by Gasteiger charge is 2.53. The van der Waals surface area contributed by atoms with Crippen molar-refractivity contribution in [3.8, 4) is 0 Å². The summed E-state index contributed by atoms with van der Waals surface area (Å²) >= 11 is 0. The lowest BCUT2D eigenvalue weighted by atomic mass is 10.0. The van der Waals surface area contributed by atoms with Crippen LogP contribution in [0.5, 0.6) is 0 Å². The molecule has 1 N–H and O–H groups in total. The molecule has 2 aliphatic rings. The first-order chi connectivity index (χ1) is 8.75. The van der Waals surface area contributed by atoms with Gasteiger partial charge in [0.25, 0.3) is 0 Å². The largest absolute Gasteiger partial charge is 0.465 e. The van der Waals surface area contributed by atoms with E-state index in [0.29, 0.717) is 16.8 Å². The van der Waals surface area contributed by atoms with E-state index in [1.165, 1.54) is 32.8 Å². The second-order valence-corrected chi connectivity index (χ2v) is 5.38. The Kier molecular flexibility index (Phi) is 2.73. The van der Waals surface area contributed by atoms with Gasteiger partial charge in [-0.15, -0.1) is 0 Å². The Morgan fingerprint density at radius 1 is 1.56 bits per heavy atom. The zero-order chi connectivity index (χ0) is 12.6. The molecule has 0 aliphatic heterocycles. The summed E-state index contributed by atoms with van der Waals surface area (Å²) in [6, 6.07) is 3.50. The van der Waals surface area contributed by atoms with E-state index in [0.717, 1.165) is 12.5 Å². The highest BCUT2D eigenvalue weighted by Crippen LogP contribution is 2.61. The number of nitrogens with one attached hydrogen (secondary N) is 1. The van der Waals surface area contributed by atoms with E-state index in [1.807, 2.05) is 0 Å². The maximum atomic E-state index is 11.6. The molecule has 0 unspecified atom stereocenters. The molecule has 4 nitrogen and oxygen atoms in total. The molecule has 2 fully saturated rings. The molecule has 1 aromatic heterocycles. The zero-order valence-electron chi connectivity index (χ0n) is 10.6. The van der Waals surface area contributed by atoms with Gasteiger partial charge in [0.05, 0.1) is 7.11 Å². The molecule has 1 aromatic rings. The summed E-state index contributed by atoms with van der Waals surface area (Å²) in [5.41, 5.74) is 1.01. The number of methoxy groups -OCH3 is 1. The number of carbonyl (C=O) groups excluding carboxylic acids is 1. The van der Waals surface area contributed by atoms with Gasteiger partial charge >= 0.3 is 5.97 Å². The van der Waals surface area contributed by atoms with Crippen LogP contribution in [0.3, 0.4) is 0 Å². The van der Waals surface area contributed by atoms with Crippen molar-refractivity contribution in [3.63, 3.8) is 0 Å². The molecule has 2 aliphatic carbocycles. The Labute approximate surface area is 107 Å². The van der Waals surface area contributed by atoms with Crippen LogP contribution in [0.2, 0.25) is 0 Å². The molecule has 3 rings (SSSR count). The number of esters is 1. The fourth-order valence-electron chi connectivity index (χ4n) is 2.67. The van der Waals surface area contributed by atoms with E-state index in [4.69, 9.17) is 4.74 Å². The van der Waals surface area contributed by atoms with Crippen molar-refractivity contribution >= 4 is 11.8 Å². The van der Waals surface area contributed by atoms with Crippen molar-refractivity contribution in [1.82, 2.24) is 4.98 Å². The Balaban J connectivity index is 1.70. The molecule has 1 heterocycles. The second-order valence-electron chi connectivity index (χ2n) is 5.38. The standard InChI is InChI=1S/C14H18N2O2/c1-18-13(17)11-3-2-8-15-12(11)16-9-14(6-7-14)10-4-5-10/h2-3,8,10H,4-7,9H2,1H3,(H,15,16). The van der Waals surface area contributed by atoms with Crippen LogP contribution in [0.1, 0.15) is 36.0 Å². The molecule has 18 heavy (non-hydrogen) atoms. The molecular weight excluding hydrogens is 228 g/mol. The van der Waals surface area contributed by atoms with E-state index in [9.17, 15) is 4.79 Å². The molecule has 0 spiro atoms. The van der Waals surface area contributed by atoms with Gasteiger partial charge in [-0.05, 0) is 49.1 Å². The van der Waals surface area contributed by atoms with Crippen LogP contribution in [-0.4, -0.2) is 24.6 Å². The number of anilines is 1. The Bertz CT molecular complexity index is 465. The Morgan fingerprint density at radius 3 is 2.94 bits per heavy atom. The highest BCUT2D eigenvalue weighted by atomic mass is 16.5. The van der Waals surface area contributed by atoms with Gasteiger partial charge in [0.2, 0.25) is 0 Å². The third-order valence-electron chi connectivity index (χ3n) is 4.16. The third-order valence-corrected chi connectivity index (χ3v) is 4.16. The number of hydrogen-bond acceptors (Lipinski definition) is 4. The number of nitrogens with zero attached hydrogens (tertiary/aromatic N) is 1. The van der Waals surface area contributed by atoms with Crippen molar-refractivity contribution in [1.29, 1.82) is 0 Å². The number of ether oxygens (including phenoxy) is 1. The smallest absolute Gasteiger partial charge is 0.341 e. The van der Waals surface area contributed by atoms with Gasteiger partial charge in [-0.2, -0.15) is 0 Å². The molecule has 0 radical (unpaired) electrons. The fourth-order valence-corrected chi connectivity index (χ4v) is 2.67. The molecule has 96 valence electrons. The Hall–Kier alpha value is -1.58. The molecule has 0 saturated heterocycles. The summed E-state index contributed by atoms with van der Waals surface area (Å²) in [6.45, 7) is 0.929. The molecule has 0 bridgehead atoms. The monoisotopic (exact) mass is 246 g/mol. The summed E-state index contributed by atoms with van der Waals surface area (Å²) in [5.74, 6) is 1.22. The maximum Gasteiger partial charge on any atom is 0.341 e. The predicted octanol–water partition coefficient (Wildman–Crippen LogP) is 2.47. The molecular formula is C14H18N2O2. The van der Waals surface area contributed by atoms with Crippen molar-refractivity contribution in [3.05, 3.63) is 23.9 Å². The first kappa shape index (κ1) is 11.5. The first-order valence-corrected chi connectivity index (χ1v) is 6.52. The normalized spacial score (nSPS) is 20.3. The topological polar surface area (TPSA) is 51.2 Å². The molecule has 0 amide bonds. The van der Waals surface area contributed by atoms with Crippen LogP contribution in [-0.2, 0) is 4.74 Å². The molecule has 4 heteroatoms. The first-order valence-electron chi connectivity index (χ1n) is 6.52. The van der Waals surface area contributed by atoms with Gasteiger partial charge in [-0.3, -0.25) is 0 Å². The van der Waals surface area contributed by atoms with Crippen molar-refractivity contribution in [2.45, 2.75) is 25.7 Å². The molecule has 0 atom stereocenters. The third kappa shape index (κ3) is 2.07. The van der Waals surface area contributed by atoms with Crippen molar-refractivity contribution < 1.29 is 9.53 Å².